The van der Waals surface area contributed by atoms with Gasteiger partial charge in [-0.3, -0.25) is 9.88 Å². The Morgan fingerprint density at radius 2 is 2.05 bits per heavy atom. The molecule has 0 radical (unpaired) electrons. The van der Waals surface area contributed by atoms with Crippen LogP contribution in [0.15, 0.2) is 30.5 Å². The predicted molar refractivity (Wildman–Crippen MR) is 79.2 cm³/mol. The second-order valence-electron chi connectivity index (χ2n) is 5.22. The Hall–Kier alpha value is -1.16. The lowest BCUT2D eigenvalue weighted by Crippen LogP contribution is -2.39. The summed E-state index contributed by atoms with van der Waals surface area (Å²) in [7, 11) is 0. The Morgan fingerprint density at radius 1 is 1.26 bits per heavy atom. The van der Waals surface area contributed by atoms with Gasteiger partial charge < -0.3 is 5.73 Å². The standard InChI is InChI=1S/C15H18ClN3/c16-14-4-3-11(15-13(14)2-1-7-18-15)10-19-8-5-12(17)6-9-19/h1-4,7,12H,5-6,8-10,17H2. The van der Waals surface area contributed by atoms with Gasteiger partial charge in [-0.2, -0.15) is 0 Å². The van der Waals surface area contributed by atoms with Crippen molar-refractivity contribution in [3.05, 3.63) is 41.0 Å². The topological polar surface area (TPSA) is 42.1 Å². The van der Waals surface area contributed by atoms with E-state index in [-0.39, 0.29) is 0 Å². The molecule has 0 unspecified atom stereocenters. The van der Waals surface area contributed by atoms with Gasteiger partial charge in [-0.15, -0.1) is 0 Å². The zero-order valence-corrected chi connectivity index (χ0v) is 11.6. The number of nitrogens with zero attached hydrogens (tertiary/aromatic N) is 2. The van der Waals surface area contributed by atoms with Crippen molar-refractivity contribution >= 4 is 22.5 Å². The van der Waals surface area contributed by atoms with E-state index in [9.17, 15) is 0 Å². The lowest BCUT2D eigenvalue weighted by atomic mass is 10.0. The number of hydrogen-bond donors (Lipinski definition) is 1. The molecule has 0 spiro atoms. The molecule has 1 saturated heterocycles. The van der Waals surface area contributed by atoms with Gasteiger partial charge in [0.1, 0.15) is 0 Å². The smallest absolute Gasteiger partial charge is 0.0761 e. The molecular weight excluding hydrogens is 258 g/mol. The summed E-state index contributed by atoms with van der Waals surface area (Å²) in [4.78, 5) is 6.93. The first-order valence-corrected chi connectivity index (χ1v) is 7.12. The molecule has 3 rings (SSSR count). The summed E-state index contributed by atoms with van der Waals surface area (Å²) in [6, 6.07) is 8.39. The van der Waals surface area contributed by atoms with Crippen molar-refractivity contribution in [1.29, 1.82) is 0 Å². The van der Waals surface area contributed by atoms with E-state index in [0.717, 1.165) is 48.4 Å². The van der Waals surface area contributed by atoms with Crippen molar-refractivity contribution in [1.82, 2.24) is 9.88 Å². The highest BCUT2D eigenvalue weighted by atomic mass is 35.5. The van der Waals surface area contributed by atoms with Gasteiger partial charge in [0.25, 0.3) is 0 Å². The molecule has 0 bridgehead atoms. The fraction of sp³-hybridized carbons (Fsp3) is 0.400. The molecule has 2 heterocycles. The number of aromatic nitrogens is 1. The van der Waals surface area contributed by atoms with Crippen LogP contribution in [0.4, 0.5) is 0 Å². The van der Waals surface area contributed by atoms with E-state index in [2.05, 4.69) is 16.0 Å². The van der Waals surface area contributed by atoms with Crippen molar-refractivity contribution in [2.45, 2.75) is 25.4 Å². The largest absolute Gasteiger partial charge is 0.328 e. The maximum Gasteiger partial charge on any atom is 0.0761 e. The number of benzene rings is 1. The Kier molecular flexibility index (Phi) is 3.69. The number of fused-ring (bicyclic) bond motifs is 1. The van der Waals surface area contributed by atoms with Crippen LogP contribution in [0.3, 0.4) is 0 Å². The molecule has 0 saturated carbocycles. The Morgan fingerprint density at radius 3 is 2.84 bits per heavy atom. The molecule has 2 aromatic rings. The molecule has 100 valence electrons. The second-order valence-corrected chi connectivity index (χ2v) is 5.63. The molecule has 0 aliphatic carbocycles. The number of rotatable bonds is 2. The second kappa shape index (κ2) is 5.45. The first-order valence-electron chi connectivity index (χ1n) is 6.74. The van der Waals surface area contributed by atoms with Crippen LogP contribution in [0.2, 0.25) is 5.02 Å². The normalized spacial score (nSPS) is 18.0. The number of piperidine rings is 1. The fourth-order valence-corrected chi connectivity index (χ4v) is 2.89. The molecule has 1 aliphatic rings. The zero-order chi connectivity index (χ0) is 13.2. The van der Waals surface area contributed by atoms with E-state index < -0.39 is 0 Å². The van der Waals surface area contributed by atoms with E-state index in [4.69, 9.17) is 17.3 Å². The minimum absolute atomic E-state index is 0.372. The molecule has 4 heteroatoms. The van der Waals surface area contributed by atoms with E-state index >= 15 is 0 Å². The van der Waals surface area contributed by atoms with Crippen LogP contribution in [0, 0.1) is 0 Å². The average molecular weight is 276 g/mol. The third kappa shape index (κ3) is 2.73. The van der Waals surface area contributed by atoms with Crippen LogP contribution in [0.5, 0.6) is 0 Å². The van der Waals surface area contributed by atoms with Crippen LogP contribution >= 0.6 is 11.6 Å². The summed E-state index contributed by atoms with van der Waals surface area (Å²) in [5.41, 5.74) is 8.21. The SMILES string of the molecule is NC1CCN(Cc2ccc(Cl)c3cccnc23)CC1. The number of likely N-dealkylation sites (tertiary alicyclic amines) is 1. The van der Waals surface area contributed by atoms with E-state index in [1.165, 1.54) is 5.56 Å². The molecule has 3 nitrogen and oxygen atoms in total. The number of pyridine rings is 1. The van der Waals surface area contributed by atoms with Crippen molar-refractivity contribution in [2.24, 2.45) is 5.73 Å². The molecule has 0 atom stereocenters. The Labute approximate surface area is 118 Å². The van der Waals surface area contributed by atoms with Gasteiger partial charge in [0.2, 0.25) is 0 Å². The van der Waals surface area contributed by atoms with Gasteiger partial charge in [0.05, 0.1) is 5.52 Å². The highest BCUT2D eigenvalue weighted by Gasteiger charge is 2.17. The first kappa shape index (κ1) is 12.9. The number of nitrogens with two attached hydrogens (primary N) is 1. The van der Waals surface area contributed by atoms with Crippen molar-refractivity contribution in [3.8, 4) is 0 Å². The fourth-order valence-electron chi connectivity index (χ4n) is 2.68. The molecule has 19 heavy (non-hydrogen) atoms. The van der Waals surface area contributed by atoms with Crippen LogP contribution in [0.25, 0.3) is 10.9 Å². The molecular formula is C15H18ClN3. The quantitative estimate of drug-likeness (QED) is 0.916. The monoisotopic (exact) mass is 275 g/mol. The molecule has 1 fully saturated rings. The van der Waals surface area contributed by atoms with Gasteiger partial charge in [-0.25, -0.2) is 0 Å². The molecule has 0 amide bonds. The average Bonchev–Trinajstić information content (AvgIpc) is 2.45. The number of halogens is 1. The zero-order valence-electron chi connectivity index (χ0n) is 10.8. The lowest BCUT2D eigenvalue weighted by molar-refractivity contribution is 0.206. The molecule has 1 aliphatic heterocycles. The van der Waals surface area contributed by atoms with Gasteiger partial charge >= 0.3 is 0 Å². The van der Waals surface area contributed by atoms with Gasteiger partial charge in [-0.05, 0) is 49.7 Å². The van der Waals surface area contributed by atoms with Gasteiger partial charge in [-0.1, -0.05) is 17.7 Å². The van der Waals surface area contributed by atoms with E-state index in [1.54, 1.807) is 0 Å². The minimum Gasteiger partial charge on any atom is -0.328 e. The highest BCUT2D eigenvalue weighted by molar-refractivity contribution is 6.35. The van der Waals surface area contributed by atoms with Crippen molar-refractivity contribution in [3.63, 3.8) is 0 Å². The van der Waals surface area contributed by atoms with Crippen molar-refractivity contribution < 1.29 is 0 Å². The van der Waals surface area contributed by atoms with E-state index in [0.29, 0.717) is 6.04 Å². The predicted octanol–water partition coefficient (Wildman–Crippen LogP) is 2.81. The van der Waals surface area contributed by atoms with E-state index in [1.807, 2.05) is 24.4 Å². The minimum atomic E-state index is 0.372. The summed E-state index contributed by atoms with van der Waals surface area (Å²) < 4.78 is 0. The summed E-state index contributed by atoms with van der Waals surface area (Å²) in [5.74, 6) is 0. The third-order valence-electron chi connectivity index (χ3n) is 3.83. The summed E-state index contributed by atoms with van der Waals surface area (Å²) in [6.45, 7) is 3.06. The Balaban J connectivity index is 1.87. The molecule has 1 aromatic carbocycles. The molecule has 2 N–H and O–H groups in total. The number of hydrogen-bond acceptors (Lipinski definition) is 3. The van der Waals surface area contributed by atoms with Crippen LogP contribution in [-0.4, -0.2) is 29.0 Å². The Bertz CT molecular complexity index is 577. The lowest BCUT2D eigenvalue weighted by Gasteiger charge is -2.30. The highest BCUT2D eigenvalue weighted by Crippen LogP contribution is 2.26. The summed E-state index contributed by atoms with van der Waals surface area (Å²) >= 11 is 6.22. The van der Waals surface area contributed by atoms with Crippen LogP contribution in [-0.2, 0) is 6.54 Å². The van der Waals surface area contributed by atoms with Gasteiger partial charge in [0, 0.05) is 29.2 Å². The first-order chi connectivity index (χ1) is 9.24. The van der Waals surface area contributed by atoms with Crippen LogP contribution < -0.4 is 5.73 Å². The van der Waals surface area contributed by atoms with Crippen molar-refractivity contribution in [2.75, 3.05) is 13.1 Å². The van der Waals surface area contributed by atoms with Gasteiger partial charge in [0.15, 0.2) is 0 Å². The third-order valence-corrected chi connectivity index (χ3v) is 4.16. The maximum atomic E-state index is 6.22. The van der Waals surface area contributed by atoms with Crippen LogP contribution in [0.1, 0.15) is 18.4 Å². The molecule has 1 aromatic heterocycles. The maximum absolute atomic E-state index is 6.22. The summed E-state index contributed by atoms with van der Waals surface area (Å²) in [6.07, 6.45) is 3.99. The summed E-state index contributed by atoms with van der Waals surface area (Å²) in [5, 5.41) is 1.81.